The van der Waals surface area contributed by atoms with Gasteiger partial charge in [0.25, 0.3) is 0 Å². The first-order valence-corrected chi connectivity index (χ1v) is 13.5. The van der Waals surface area contributed by atoms with E-state index >= 15 is 0 Å². The van der Waals surface area contributed by atoms with Gasteiger partial charge in [-0.25, -0.2) is 0 Å². The number of aliphatic hydroxyl groups is 1. The SMILES string of the molecule is CC1CNC2CC3C(CC4(C)C5CCC6CC(N)CCC6(C)C5CCC34C)OC2(O)C1. The second-order valence-electron chi connectivity index (χ2n) is 13.7. The quantitative estimate of drug-likeness (QED) is 0.531. The van der Waals surface area contributed by atoms with Gasteiger partial charge in [-0.1, -0.05) is 27.7 Å². The van der Waals surface area contributed by atoms with Gasteiger partial charge in [-0.3, -0.25) is 0 Å². The number of piperidine rings is 1. The van der Waals surface area contributed by atoms with Gasteiger partial charge in [0.2, 0.25) is 0 Å². The highest BCUT2D eigenvalue weighted by atomic mass is 16.6. The summed E-state index contributed by atoms with van der Waals surface area (Å²) in [7, 11) is 0. The maximum absolute atomic E-state index is 11.5. The Labute approximate surface area is 189 Å². The van der Waals surface area contributed by atoms with E-state index in [-0.39, 0.29) is 12.1 Å². The van der Waals surface area contributed by atoms with Gasteiger partial charge < -0.3 is 20.9 Å². The Morgan fingerprint density at radius 1 is 0.903 bits per heavy atom. The summed E-state index contributed by atoms with van der Waals surface area (Å²) in [5, 5.41) is 15.1. The first-order valence-electron chi connectivity index (χ1n) is 13.5. The second-order valence-corrected chi connectivity index (χ2v) is 13.7. The molecule has 0 amide bonds. The molecule has 2 saturated heterocycles. The lowest BCUT2D eigenvalue weighted by molar-refractivity contribution is -0.297. The predicted molar refractivity (Wildman–Crippen MR) is 123 cm³/mol. The zero-order valence-corrected chi connectivity index (χ0v) is 20.3. The largest absolute Gasteiger partial charge is 0.364 e. The van der Waals surface area contributed by atoms with Gasteiger partial charge in [-0.15, -0.1) is 0 Å². The van der Waals surface area contributed by atoms with Crippen molar-refractivity contribution in [2.75, 3.05) is 6.54 Å². The maximum Gasteiger partial charge on any atom is 0.181 e. The Hall–Kier alpha value is -0.160. The predicted octanol–water partition coefficient (Wildman–Crippen LogP) is 4.45. The fourth-order valence-corrected chi connectivity index (χ4v) is 10.5. The van der Waals surface area contributed by atoms with Crippen molar-refractivity contribution in [3.8, 4) is 0 Å². The van der Waals surface area contributed by atoms with Crippen molar-refractivity contribution in [1.82, 2.24) is 5.32 Å². The number of hydrogen-bond acceptors (Lipinski definition) is 4. The third-order valence-corrected chi connectivity index (χ3v) is 12.5. The molecule has 6 fully saturated rings. The molecule has 6 rings (SSSR count). The highest BCUT2D eigenvalue weighted by molar-refractivity contribution is 5.18. The van der Waals surface area contributed by atoms with E-state index in [1.54, 1.807) is 0 Å². The molecule has 12 unspecified atom stereocenters. The van der Waals surface area contributed by atoms with Crippen molar-refractivity contribution >= 4 is 0 Å². The Morgan fingerprint density at radius 3 is 2.52 bits per heavy atom. The zero-order valence-electron chi connectivity index (χ0n) is 20.3. The second kappa shape index (κ2) is 6.71. The van der Waals surface area contributed by atoms with Crippen LogP contribution in [0.25, 0.3) is 0 Å². The molecule has 12 atom stereocenters. The zero-order chi connectivity index (χ0) is 21.8. The van der Waals surface area contributed by atoms with Crippen LogP contribution in [-0.2, 0) is 4.74 Å². The minimum absolute atomic E-state index is 0.106. The summed E-state index contributed by atoms with van der Waals surface area (Å²) in [5.41, 5.74) is 7.56. The van der Waals surface area contributed by atoms with E-state index < -0.39 is 5.79 Å². The molecule has 4 saturated carbocycles. The topological polar surface area (TPSA) is 67.5 Å². The Bertz CT molecular complexity index is 745. The molecule has 4 nitrogen and oxygen atoms in total. The Morgan fingerprint density at radius 2 is 1.71 bits per heavy atom. The Balaban J connectivity index is 1.31. The van der Waals surface area contributed by atoms with Gasteiger partial charge in [0.15, 0.2) is 5.79 Å². The molecule has 4 heteroatoms. The van der Waals surface area contributed by atoms with Crippen molar-refractivity contribution < 1.29 is 9.84 Å². The van der Waals surface area contributed by atoms with Crippen molar-refractivity contribution in [2.24, 2.45) is 51.6 Å². The monoisotopic (exact) mass is 430 g/mol. The standard InChI is InChI=1S/C27H46N2O2/c1-16-13-27(30)23(29-15-16)12-21-22(31-27)14-26(4)20-6-5-17-11-18(28)7-9-24(17,2)19(20)8-10-25(21,26)3/h16-23,29-30H,5-15,28H2,1-4H3. The summed E-state index contributed by atoms with van der Waals surface area (Å²) >= 11 is 0. The summed E-state index contributed by atoms with van der Waals surface area (Å²) in [6.45, 7) is 11.1. The van der Waals surface area contributed by atoms with Crippen LogP contribution in [0.2, 0.25) is 0 Å². The molecular weight excluding hydrogens is 384 g/mol. The molecule has 0 bridgehead atoms. The van der Waals surface area contributed by atoms with E-state index in [0.717, 1.165) is 43.6 Å². The summed E-state index contributed by atoms with van der Waals surface area (Å²) in [6, 6.07) is 0.538. The molecular formula is C27H46N2O2. The first-order chi connectivity index (χ1) is 14.6. The molecule has 4 N–H and O–H groups in total. The molecule has 31 heavy (non-hydrogen) atoms. The summed E-state index contributed by atoms with van der Waals surface area (Å²) in [4.78, 5) is 0. The smallest absolute Gasteiger partial charge is 0.181 e. The molecule has 2 aliphatic heterocycles. The number of ether oxygens (including phenoxy) is 1. The number of rotatable bonds is 0. The fourth-order valence-electron chi connectivity index (χ4n) is 10.5. The number of fused-ring (bicyclic) bond motifs is 8. The van der Waals surface area contributed by atoms with E-state index in [4.69, 9.17) is 10.5 Å². The highest BCUT2D eigenvalue weighted by Gasteiger charge is 2.70. The molecule has 0 aromatic heterocycles. The van der Waals surface area contributed by atoms with E-state index in [0.29, 0.717) is 34.1 Å². The van der Waals surface area contributed by atoms with Crippen molar-refractivity contribution in [1.29, 1.82) is 0 Å². The van der Waals surface area contributed by atoms with Crippen molar-refractivity contribution in [3.05, 3.63) is 0 Å². The average molecular weight is 431 g/mol. The van der Waals surface area contributed by atoms with Crippen LogP contribution in [-0.4, -0.2) is 35.6 Å². The van der Waals surface area contributed by atoms with Crippen molar-refractivity contribution in [2.45, 2.75) is 116 Å². The molecule has 0 aromatic carbocycles. The third kappa shape index (κ3) is 2.74. The molecule has 0 spiro atoms. The normalized spacial score (nSPS) is 63.3. The lowest BCUT2D eigenvalue weighted by atomic mass is 9.40. The van der Waals surface area contributed by atoms with Gasteiger partial charge in [0.1, 0.15) is 0 Å². The summed E-state index contributed by atoms with van der Waals surface area (Å²) < 4.78 is 6.70. The van der Waals surface area contributed by atoms with E-state index in [1.807, 2.05) is 0 Å². The molecule has 2 heterocycles. The van der Waals surface area contributed by atoms with Crippen LogP contribution in [0.15, 0.2) is 0 Å². The van der Waals surface area contributed by atoms with E-state index in [1.165, 1.54) is 44.9 Å². The van der Waals surface area contributed by atoms with Gasteiger partial charge in [-0.2, -0.15) is 0 Å². The summed E-state index contributed by atoms with van der Waals surface area (Å²) in [6.07, 6.45) is 12.5. The van der Waals surface area contributed by atoms with Gasteiger partial charge in [0, 0.05) is 12.5 Å². The average Bonchev–Trinajstić information content (AvgIpc) is 2.92. The van der Waals surface area contributed by atoms with Crippen LogP contribution in [0.3, 0.4) is 0 Å². The number of nitrogens with one attached hydrogen (secondary N) is 1. The maximum atomic E-state index is 11.5. The lowest BCUT2D eigenvalue weighted by Gasteiger charge is -2.65. The van der Waals surface area contributed by atoms with Gasteiger partial charge in [-0.05, 0) is 110 Å². The van der Waals surface area contributed by atoms with Gasteiger partial charge >= 0.3 is 0 Å². The highest BCUT2D eigenvalue weighted by Crippen LogP contribution is 2.74. The minimum atomic E-state index is -0.957. The van der Waals surface area contributed by atoms with Crippen LogP contribution in [0.1, 0.15) is 91.9 Å². The van der Waals surface area contributed by atoms with Crippen molar-refractivity contribution in [3.63, 3.8) is 0 Å². The van der Waals surface area contributed by atoms with Crippen LogP contribution < -0.4 is 11.1 Å². The Kier molecular flexibility index (Phi) is 4.62. The number of nitrogens with two attached hydrogens (primary N) is 1. The van der Waals surface area contributed by atoms with Crippen LogP contribution in [0, 0.1) is 45.8 Å². The molecule has 0 radical (unpaired) electrons. The molecule has 4 aliphatic carbocycles. The van der Waals surface area contributed by atoms with Gasteiger partial charge in [0.05, 0.1) is 12.1 Å². The third-order valence-electron chi connectivity index (χ3n) is 12.5. The minimum Gasteiger partial charge on any atom is -0.364 e. The first kappa shape index (κ1) is 21.4. The fraction of sp³-hybridized carbons (Fsp3) is 1.00. The summed E-state index contributed by atoms with van der Waals surface area (Å²) in [5.74, 6) is 2.58. The molecule has 176 valence electrons. The van der Waals surface area contributed by atoms with Crippen LogP contribution in [0.5, 0.6) is 0 Å². The van der Waals surface area contributed by atoms with Crippen LogP contribution in [0.4, 0.5) is 0 Å². The lowest BCUT2D eigenvalue weighted by Crippen LogP contribution is -2.65. The van der Waals surface area contributed by atoms with E-state index in [2.05, 4.69) is 33.0 Å². The molecule has 6 aliphatic rings. The van der Waals surface area contributed by atoms with Crippen LogP contribution >= 0.6 is 0 Å². The molecule has 0 aromatic rings. The van der Waals surface area contributed by atoms with E-state index in [9.17, 15) is 5.11 Å². The number of hydrogen-bond donors (Lipinski definition) is 3.